The first-order valence-electron chi connectivity index (χ1n) is 7.07. The van der Waals surface area contributed by atoms with E-state index in [4.69, 9.17) is 4.52 Å². The van der Waals surface area contributed by atoms with Gasteiger partial charge in [-0.1, -0.05) is 29.4 Å². The lowest BCUT2D eigenvalue weighted by atomic mass is 10.2. The lowest BCUT2D eigenvalue weighted by molar-refractivity contribution is 0.198. The lowest BCUT2D eigenvalue weighted by Gasteiger charge is -2.24. The second-order valence-electron chi connectivity index (χ2n) is 5.05. The Bertz CT molecular complexity index is 695. The first-order chi connectivity index (χ1) is 10.7. The van der Waals surface area contributed by atoms with E-state index in [1.165, 1.54) is 0 Å². The van der Waals surface area contributed by atoms with Crippen LogP contribution in [0.3, 0.4) is 0 Å². The molecular formula is C16H17N3O2S. The average Bonchev–Trinajstić information content (AvgIpc) is 3.18. The van der Waals surface area contributed by atoms with Crippen molar-refractivity contribution in [2.75, 3.05) is 11.4 Å². The number of thiophene rings is 1. The van der Waals surface area contributed by atoms with Crippen LogP contribution in [-0.4, -0.2) is 27.9 Å². The highest BCUT2D eigenvalue weighted by molar-refractivity contribution is 7.13. The Morgan fingerprint density at radius 3 is 2.73 bits per heavy atom. The number of aliphatic hydroxyl groups excluding tert-OH is 1. The van der Waals surface area contributed by atoms with Gasteiger partial charge in [0.05, 0.1) is 17.5 Å². The van der Waals surface area contributed by atoms with Crippen LogP contribution in [0, 0.1) is 0 Å². The first-order valence-corrected chi connectivity index (χ1v) is 7.95. The van der Waals surface area contributed by atoms with E-state index in [0.717, 1.165) is 10.6 Å². The molecule has 0 aliphatic carbocycles. The molecule has 0 amide bonds. The van der Waals surface area contributed by atoms with Crippen molar-refractivity contribution in [1.29, 1.82) is 0 Å². The third kappa shape index (κ3) is 3.52. The SMILES string of the molecule is CC(O)CN(Cc1nc(-c2cccs2)no1)c1ccccc1. The maximum Gasteiger partial charge on any atom is 0.246 e. The summed E-state index contributed by atoms with van der Waals surface area (Å²) in [5.74, 6) is 1.14. The Hall–Kier alpha value is -2.18. The predicted molar refractivity (Wildman–Crippen MR) is 86.8 cm³/mol. The zero-order valence-electron chi connectivity index (χ0n) is 12.2. The molecule has 2 heterocycles. The molecule has 0 radical (unpaired) electrons. The van der Waals surface area contributed by atoms with Crippen LogP contribution in [0.1, 0.15) is 12.8 Å². The van der Waals surface area contributed by atoms with Gasteiger partial charge in [0.15, 0.2) is 0 Å². The lowest BCUT2D eigenvalue weighted by Crippen LogP contribution is -2.30. The van der Waals surface area contributed by atoms with Crippen LogP contribution in [0.25, 0.3) is 10.7 Å². The molecule has 6 heteroatoms. The predicted octanol–water partition coefficient (Wildman–Crippen LogP) is 3.19. The second kappa shape index (κ2) is 6.72. The Labute approximate surface area is 132 Å². The summed E-state index contributed by atoms with van der Waals surface area (Å²) in [7, 11) is 0. The number of nitrogens with zero attached hydrogens (tertiary/aromatic N) is 3. The number of rotatable bonds is 6. The Balaban J connectivity index is 1.79. The molecule has 0 saturated heterocycles. The molecule has 2 aromatic heterocycles. The quantitative estimate of drug-likeness (QED) is 0.757. The molecule has 1 aromatic carbocycles. The molecule has 1 unspecified atom stereocenters. The highest BCUT2D eigenvalue weighted by Crippen LogP contribution is 2.22. The molecule has 3 rings (SSSR count). The smallest absolute Gasteiger partial charge is 0.246 e. The van der Waals surface area contributed by atoms with Crippen molar-refractivity contribution in [3.8, 4) is 10.7 Å². The van der Waals surface area contributed by atoms with Crippen LogP contribution < -0.4 is 4.90 Å². The third-order valence-corrected chi connectivity index (χ3v) is 4.01. The molecule has 114 valence electrons. The van der Waals surface area contributed by atoms with E-state index >= 15 is 0 Å². The summed E-state index contributed by atoms with van der Waals surface area (Å²) >= 11 is 1.58. The van der Waals surface area contributed by atoms with Crippen molar-refractivity contribution in [2.45, 2.75) is 19.6 Å². The Kier molecular flexibility index (Phi) is 4.50. The van der Waals surface area contributed by atoms with Crippen molar-refractivity contribution in [2.24, 2.45) is 0 Å². The van der Waals surface area contributed by atoms with Crippen molar-refractivity contribution in [3.63, 3.8) is 0 Å². The van der Waals surface area contributed by atoms with Crippen molar-refractivity contribution >= 4 is 17.0 Å². The van der Waals surface area contributed by atoms with E-state index in [2.05, 4.69) is 10.1 Å². The fraction of sp³-hybridized carbons (Fsp3) is 0.250. The maximum absolute atomic E-state index is 9.71. The molecule has 0 aliphatic heterocycles. The molecule has 0 bridgehead atoms. The molecule has 1 atom stereocenters. The number of benzene rings is 1. The summed E-state index contributed by atoms with van der Waals surface area (Å²) in [6.45, 7) is 2.73. The number of aromatic nitrogens is 2. The van der Waals surface area contributed by atoms with Gasteiger partial charge < -0.3 is 14.5 Å². The van der Waals surface area contributed by atoms with Gasteiger partial charge in [0.25, 0.3) is 0 Å². The van der Waals surface area contributed by atoms with Gasteiger partial charge in [0.2, 0.25) is 11.7 Å². The zero-order chi connectivity index (χ0) is 15.4. The van der Waals surface area contributed by atoms with Crippen LogP contribution in [0.5, 0.6) is 0 Å². The molecule has 5 nitrogen and oxygen atoms in total. The van der Waals surface area contributed by atoms with Gasteiger partial charge in [-0.2, -0.15) is 4.98 Å². The largest absolute Gasteiger partial charge is 0.392 e. The number of anilines is 1. The van der Waals surface area contributed by atoms with Gasteiger partial charge in [-0.3, -0.25) is 0 Å². The second-order valence-corrected chi connectivity index (χ2v) is 6.00. The van der Waals surface area contributed by atoms with Gasteiger partial charge in [-0.25, -0.2) is 0 Å². The summed E-state index contributed by atoms with van der Waals surface area (Å²) in [5.41, 5.74) is 1.01. The number of hydrogen-bond donors (Lipinski definition) is 1. The monoisotopic (exact) mass is 315 g/mol. The van der Waals surface area contributed by atoms with Crippen LogP contribution in [-0.2, 0) is 6.54 Å². The molecule has 1 N–H and O–H groups in total. The van der Waals surface area contributed by atoms with Crippen molar-refractivity contribution < 1.29 is 9.63 Å². The molecule has 0 spiro atoms. The van der Waals surface area contributed by atoms with Crippen molar-refractivity contribution in [1.82, 2.24) is 10.1 Å². The van der Waals surface area contributed by atoms with Gasteiger partial charge >= 0.3 is 0 Å². The maximum atomic E-state index is 9.71. The van der Waals surface area contributed by atoms with E-state index < -0.39 is 6.10 Å². The van der Waals surface area contributed by atoms with Crippen molar-refractivity contribution in [3.05, 3.63) is 53.7 Å². The van der Waals surface area contributed by atoms with Gasteiger partial charge in [-0.15, -0.1) is 11.3 Å². The fourth-order valence-electron chi connectivity index (χ4n) is 2.21. The van der Waals surface area contributed by atoms with Gasteiger partial charge in [0.1, 0.15) is 0 Å². The van der Waals surface area contributed by atoms with E-state index in [-0.39, 0.29) is 0 Å². The molecule has 0 fully saturated rings. The molecule has 0 saturated carbocycles. The minimum atomic E-state index is -0.445. The van der Waals surface area contributed by atoms with Crippen LogP contribution in [0.15, 0.2) is 52.4 Å². The van der Waals surface area contributed by atoms with E-state index in [9.17, 15) is 5.11 Å². The standard InChI is InChI=1S/C16H17N3O2S/c1-12(20)10-19(13-6-3-2-4-7-13)11-15-17-16(18-21-15)14-8-5-9-22-14/h2-9,12,20H,10-11H2,1H3. The zero-order valence-corrected chi connectivity index (χ0v) is 13.0. The van der Waals surface area contributed by atoms with E-state index in [0.29, 0.717) is 24.8 Å². The summed E-state index contributed by atoms with van der Waals surface area (Å²) in [4.78, 5) is 7.44. The Morgan fingerprint density at radius 2 is 2.05 bits per heavy atom. The van der Waals surface area contributed by atoms with Crippen LogP contribution >= 0.6 is 11.3 Å². The van der Waals surface area contributed by atoms with E-state index in [1.807, 2.05) is 52.7 Å². The minimum absolute atomic E-state index is 0.445. The first kappa shape index (κ1) is 14.7. The fourth-order valence-corrected chi connectivity index (χ4v) is 2.86. The number of hydrogen-bond acceptors (Lipinski definition) is 6. The van der Waals surface area contributed by atoms with Crippen LogP contribution in [0.2, 0.25) is 0 Å². The topological polar surface area (TPSA) is 62.4 Å². The Morgan fingerprint density at radius 1 is 1.23 bits per heavy atom. The highest BCUT2D eigenvalue weighted by atomic mass is 32.1. The normalized spacial score (nSPS) is 12.3. The number of aliphatic hydroxyl groups is 1. The summed E-state index contributed by atoms with van der Waals surface area (Å²) < 4.78 is 5.34. The van der Waals surface area contributed by atoms with Gasteiger partial charge in [0, 0.05) is 12.2 Å². The van der Waals surface area contributed by atoms with E-state index in [1.54, 1.807) is 18.3 Å². The molecule has 22 heavy (non-hydrogen) atoms. The highest BCUT2D eigenvalue weighted by Gasteiger charge is 2.15. The van der Waals surface area contributed by atoms with Crippen LogP contribution in [0.4, 0.5) is 5.69 Å². The average molecular weight is 315 g/mol. The molecule has 0 aliphatic rings. The summed E-state index contributed by atoms with van der Waals surface area (Å²) in [6, 6.07) is 13.8. The summed E-state index contributed by atoms with van der Waals surface area (Å²) in [5, 5.41) is 15.7. The molecule has 3 aromatic rings. The number of para-hydroxylation sites is 1. The van der Waals surface area contributed by atoms with Gasteiger partial charge in [-0.05, 0) is 30.5 Å². The minimum Gasteiger partial charge on any atom is -0.392 e. The molecular weight excluding hydrogens is 298 g/mol. The third-order valence-electron chi connectivity index (χ3n) is 3.14. The summed E-state index contributed by atoms with van der Waals surface area (Å²) in [6.07, 6.45) is -0.445.